The number of hydrogen-bond acceptors (Lipinski definition) is 5. The van der Waals surface area contributed by atoms with E-state index < -0.39 is 10.8 Å². The summed E-state index contributed by atoms with van der Waals surface area (Å²) in [6.07, 6.45) is 2.54. The molecule has 0 fully saturated rings. The van der Waals surface area contributed by atoms with Crippen molar-refractivity contribution in [3.63, 3.8) is 0 Å². The van der Waals surface area contributed by atoms with Gasteiger partial charge in [0.2, 0.25) is 5.91 Å². The molecule has 0 saturated heterocycles. The zero-order valence-corrected chi connectivity index (χ0v) is 14.7. The summed E-state index contributed by atoms with van der Waals surface area (Å²) in [4.78, 5) is 34.9. The Morgan fingerprint density at radius 1 is 1.15 bits per heavy atom. The number of carbonyl (C=O) groups excluding carboxylic acids is 2. The van der Waals surface area contributed by atoms with Gasteiger partial charge in [-0.05, 0) is 24.3 Å². The molecule has 2 N–H and O–H groups in total. The maximum atomic E-state index is 12.2. The summed E-state index contributed by atoms with van der Waals surface area (Å²) in [7, 11) is 1.53. The lowest BCUT2D eigenvalue weighted by molar-refractivity contribution is -0.385. The summed E-state index contributed by atoms with van der Waals surface area (Å²) < 4.78 is 4.88. The van der Waals surface area contributed by atoms with E-state index in [0.29, 0.717) is 30.0 Å². The molecule has 140 valence electrons. The quantitative estimate of drug-likeness (QED) is 0.322. The van der Waals surface area contributed by atoms with Crippen LogP contribution in [-0.4, -0.2) is 37.0 Å². The number of hydrogen-bond donors (Lipinski definition) is 2. The zero-order chi connectivity index (χ0) is 19.6. The van der Waals surface area contributed by atoms with Crippen LogP contribution in [0.15, 0.2) is 54.6 Å². The molecule has 8 nitrogen and oxygen atoms in total. The number of amides is 2. The number of nitro groups is 1. The normalized spacial score (nSPS) is 10.6. The highest BCUT2D eigenvalue weighted by Gasteiger charge is 2.13. The minimum Gasteiger partial charge on any atom is -0.383 e. The number of ether oxygens (including phenoxy) is 1. The highest BCUT2D eigenvalue weighted by atomic mass is 16.6. The van der Waals surface area contributed by atoms with Crippen LogP contribution in [0, 0.1) is 10.1 Å². The molecule has 2 aromatic carbocycles. The molecule has 2 rings (SSSR count). The number of anilines is 1. The smallest absolute Gasteiger partial charge is 0.276 e. The van der Waals surface area contributed by atoms with Crippen molar-refractivity contribution in [3.05, 3.63) is 75.8 Å². The predicted molar refractivity (Wildman–Crippen MR) is 101 cm³/mol. The van der Waals surface area contributed by atoms with Gasteiger partial charge in [0.1, 0.15) is 0 Å². The third-order valence-electron chi connectivity index (χ3n) is 3.57. The Hall–Kier alpha value is -3.52. The van der Waals surface area contributed by atoms with Gasteiger partial charge in [0, 0.05) is 25.8 Å². The first kappa shape index (κ1) is 19.8. The first-order valence-corrected chi connectivity index (χ1v) is 8.11. The van der Waals surface area contributed by atoms with E-state index in [0.717, 1.165) is 0 Å². The van der Waals surface area contributed by atoms with E-state index >= 15 is 0 Å². The highest BCUT2D eigenvalue weighted by molar-refractivity contribution is 6.07. The number of para-hydroxylation sites is 2. The minimum absolute atomic E-state index is 0.0977. The Morgan fingerprint density at radius 3 is 2.59 bits per heavy atom. The Bertz CT molecular complexity index is 864. The Balaban J connectivity index is 2.10. The highest BCUT2D eigenvalue weighted by Crippen LogP contribution is 2.19. The molecular weight excluding hydrogens is 350 g/mol. The maximum Gasteiger partial charge on any atom is 0.276 e. The van der Waals surface area contributed by atoms with Crippen LogP contribution in [0.25, 0.3) is 6.08 Å². The van der Waals surface area contributed by atoms with E-state index in [-0.39, 0.29) is 11.6 Å². The summed E-state index contributed by atoms with van der Waals surface area (Å²) in [5, 5.41) is 16.3. The van der Waals surface area contributed by atoms with Gasteiger partial charge in [0.15, 0.2) is 0 Å². The molecule has 0 heterocycles. The molecule has 2 amide bonds. The Morgan fingerprint density at radius 2 is 1.85 bits per heavy atom. The standard InChI is InChI=1S/C19H19N3O5/c1-27-13-12-20-19(24)15-7-3-4-8-16(15)21-18(23)11-10-14-6-2-5-9-17(14)22(25)26/h2-11H,12-13H2,1H3,(H,20,24)(H,21,23)/b11-10+. The maximum absolute atomic E-state index is 12.2. The molecule has 0 saturated carbocycles. The van der Waals surface area contributed by atoms with Crippen molar-refractivity contribution in [2.24, 2.45) is 0 Å². The molecule has 27 heavy (non-hydrogen) atoms. The van der Waals surface area contributed by atoms with E-state index in [1.54, 1.807) is 42.5 Å². The lowest BCUT2D eigenvalue weighted by atomic mass is 10.1. The second kappa shape index (κ2) is 9.83. The van der Waals surface area contributed by atoms with Gasteiger partial charge in [-0.1, -0.05) is 24.3 Å². The first-order valence-electron chi connectivity index (χ1n) is 8.11. The molecule has 0 aliphatic carbocycles. The van der Waals surface area contributed by atoms with Gasteiger partial charge < -0.3 is 15.4 Å². The number of carbonyl (C=O) groups is 2. The number of nitrogens with one attached hydrogen (secondary N) is 2. The van der Waals surface area contributed by atoms with Crippen molar-refractivity contribution in [1.29, 1.82) is 0 Å². The van der Waals surface area contributed by atoms with Gasteiger partial charge in [-0.25, -0.2) is 0 Å². The van der Waals surface area contributed by atoms with Crippen LogP contribution in [0.2, 0.25) is 0 Å². The fraction of sp³-hybridized carbons (Fsp3) is 0.158. The van der Waals surface area contributed by atoms with Crippen LogP contribution in [0.4, 0.5) is 11.4 Å². The molecule has 0 radical (unpaired) electrons. The van der Waals surface area contributed by atoms with Gasteiger partial charge in [-0.15, -0.1) is 0 Å². The van der Waals surface area contributed by atoms with Gasteiger partial charge in [0.25, 0.3) is 11.6 Å². The van der Waals surface area contributed by atoms with Crippen molar-refractivity contribution in [1.82, 2.24) is 5.32 Å². The van der Waals surface area contributed by atoms with E-state index in [1.807, 2.05) is 0 Å². The van der Waals surface area contributed by atoms with Crippen molar-refractivity contribution in [3.8, 4) is 0 Å². The second-order valence-electron chi connectivity index (χ2n) is 5.43. The van der Waals surface area contributed by atoms with Crippen molar-refractivity contribution >= 4 is 29.3 Å². The first-order chi connectivity index (χ1) is 13.0. The lowest BCUT2D eigenvalue weighted by Crippen LogP contribution is -2.28. The van der Waals surface area contributed by atoms with Crippen LogP contribution in [0.3, 0.4) is 0 Å². The summed E-state index contributed by atoms with van der Waals surface area (Å²) in [6.45, 7) is 0.716. The summed E-state index contributed by atoms with van der Waals surface area (Å²) in [5.41, 5.74) is 0.855. The second-order valence-corrected chi connectivity index (χ2v) is 5.43. The fourth-order valence-electron chi connectivity index (χ4n) is 2.29. The molecule has 8 heteroatoms. The number of rotatable bonds is 8. The third-order valence-corrected chi connectivity index (χ3v) is 3.57. The molecule has 0 spiro atoms. The van der Waals surface area contributed by atoms with E-state index in [2.05, 4.69) is 10.6 Å². The monoisotopic (exact) mass is 369 g/mol. The topological polar surface area (TPSA) is 111 Å². The number of benzene rings is 2. The zero-order valence-electron chi connectivity index (χ0n) is 14.7. The fourth-order valence-corrected chi connectivity index (χ4v) is 2.29. The van der Waals surface area contributed by atoms with Gasteiger partial charge >= 0.3 is 0 Å². The molecular formula is C19H19N3O5. The Labute approximate surface area is 156 Å². The molecule has 2 aromatic rings. The van der Waals surface area contributed by atoms with Crippen LogP contribution in [0.5, 0.6) is 0 Å². The third kappa shape index (κ3) is 5.75. The summed E-state index contributed by atoms with van der Waals surface area (Å²) in [6, 6.07) is 12.7. The molecule has 0 unspecified atom stereocenters. The largest absolute Gasteiger partial charge is 0.383 e. The van der Waals surface area contributed by atoms with Crippen LogP contribution in [-0.2, 0) is 9.53 Å². The van der Waals surface area contributed by atoms with E-state index in [9.17, 15) is 19.7 Å². The Kier molecular flexibility index (Phi) is 7.21. The van der Waals surface area contributed by atoms with Crippen LogP contribution < -0.4 is 10.6 Å². The van der Waals surface area contributed by atoms with Crippen molar-refractivity contribution in [2.75, 3.05) is 25.6 Å². The van der Waals surface area contributed by atoms with E-state index in [4.69, 9.17) is 4.74 Å². The number of nitrogens with zero attached hydrogens (tertiary/aromatic N) is 1. The van der Waals surface area contributed by atoms with Crippen LogP contribution in [0.1, 0.15) is 15.9 Å². The van der Waals surface area contributed by atoms with Gasteiger partial charge in [-0.3, -0.25) is 19.7 Å². The van der Waals surface area contributed by atoms with Gasteiger partial charge in [0.05, 0.1) is 28.3 Å². The van der Waals surface area contributed by atoms with Gasteiger partial charge in [-0.2, -0.15) is 0 Å². The molecule has 0 bridgehead atoms. The number of methoxy groups -OCH3 is 1. The molecule has 0 atom stereocenters. The molecule has 0 aliphatic rings. The molecule has 0 aromatic heterocycles. The van der Waals surface area contributed by atoms with E-state index in [1.165, 1.54) is 25.3 Å². The lowest BCUT2D eigenvalue weighted by Gasteiger charge is -2.10. The van der Waals surface area contributed by atoms with Crippen molar-refractivity contribution in [2.45, 2.75) is 0 Å². The van der Waals surface area contributed by atoms with Crippen LogP contribution >= 0.6 is 0 Å². The number of nitro benzene ring substituents is 1. The average molecular weight is 369 g/mol. The SMILES string of the molecule is COCCNC(=O)c1ccccc1NC(=O)/C=C/c1ccccc1[N+](=O)[O-]. The average Bonchev–Trinajstić information content (AvgIpc) is 2.67. The molecule has 0 aliphatic heterocycles. The summed E-state index contributed by atoms with van der Waals surface area (Å²) >= 11 is 0. The summed E-state index contributed by atoms with van der Waals surface area (Å²) in [5.74, 6) is -0.851. The van der Waals surface area contributed by atoms with Crippen molar-refractivity contribution < 1.29 is 19.2 Å². The minimum atomic E-state index is -0.517. The predicted octanol–water partition coefficient (Wildman–Crippen LogP) is 2.62.